The van der Waals surface area contributed by atoms with Crippen LogP contribution in [0.3, 0.4) is 0 Å². The fourth-order valence-electron chi connectivity index (χ4n) is 2.81. The van der Waals surface area contributed by atoms with E-state index >= 15 is 0 Å². The van der Waals surface area contributed by atoms with Gasteiger partial charge in [0.25, 0.3) is 5.91 Å². The fourth-order valence-corrected chi connectivity index (χ4v) is 2.81. The van der Waals surface area contributed by atoms with Gasteiger partial charge in [-0.25, -0.2) is 0 Å². The largest absolute Gasteiger partial charge is 0.493 e. The predicted octanol–water partition coefficient (Wildman–Crippen LogP) is 5.14. The van der Waals surface area contributed by atoms with E-state index in [9.17, 15) is 13.6 Å². The minimum Gasteiger partial charge on any atom is -0.493 e. The smallest absolute Gasteiger partial charge is 0.387 e. The quantitative estimate of drug-likeness (QED) is 0.615. The number of benzene rings is 3. The number of nitrogens with one attached hydrogen (secondary N) is 1. The molecule has 6 heteroatoms. The van der Waals surface area contributed by atoms with Crippen LogP contribution in [0.25, 0.3) is 0 Å². The summed E-state index contributed by atoms with van der Waals surface area (Å²) in [5, 5.41) is 2.88. The Balaban J connectivity index is 1.80. The topological polar surface area (TPSA) is 47.6 Å². The molecular formula is C22H19F2NO3. The van der Waals surface area contributed by atoms with Gasteiger partial charge in [0.05, 0.1) is 7.11 Å². The van der Waals surface area contributed by atoms with Gasteiger partial charge in [0.1, 0.15) is 0 Å². The van der Waals surface area contributed by atoms with Crippen LogP contribution in [0.15, 0.2) is 72.8 Å². The van der Waals surface area contributed by atoms with Crippen molar-refractivity contribution in [3.8, 4) is 11.5 Å². The van der Waals surface area contributed by atoms with Crippen LogP contribution >= 0.6 is 0 Å². The third kappa shape index (κ3) is 4.85. The van der Waals surface area contributed by atoms with Crippen LogP contribution in [0, 0.1) is 0 Å². The number of alkyl halides is 2. The predicted molar refractivity (Wildman–Crippen MR) is 103 cm³/mol. The number of hydrogen-bond donors (Lipinski definition) is 1. The second-order valence-electron chi connectivity index (χ2n) is 6.02. The van der Waals surface area contributed by atoms with Crippen LogP contribution in [0.4, 0.5) is 14.5 Å². The standard InChI is InChI=1S/C22H19F2NO3/c1-27-20-14-17(11-12-19(20)28-22(23)24)21(26)25-18-10-6-5-9-16(18)13-15-7-3-2-4-8-15/h2-12,14,22H,13H2,1H3,(H,25,26). The highest BCUT2D eigenvalue weighted by Crippen LogP contribution is 2.30. The molecular weight excluding hydrogens is 364 g/mol. The van der Waals surface area contributed by atoms with Gasteiger partial charge in [0, 0.05) is 11.3 Å². The summed E-state index contributed by atoms with van der Waals surface area (Å²) >= 11 is 0. The van der Waals surface area contributed by atoms with Crippen molar-refractivity contribution < 1.29 is 23.0 Å². The molecule has 1 amide bonds. The molecule has 0 saturated carbocycles. The zero-order valence-electron chi connectivity index (χ0n) is 15.2. The molecule has 0 atom stereocenters. The zero-order valence-corrected chi connectivity index (χ0v) is 15.2. The van der Waals surface area contributed by atoms with Crippen LogP contribution in [-0.4, -0.2) is 19.6 Å². The molecule has 0 radical (unpaired) electrons. The number of para-hydroxylation sites is 1. The average molecular weight is 383 g/mol. The molecule has 28 heavy (non-hydrogen) atoms. The maximum atomic E-state index is 12.7. The number of rotatable bonds is 7. The maximum absolute atomic E-state index is 12.7. The highest BCUT2D eigenvalue weighted by atomic mass is 19.3. The highest BCUT2D eigenvalue weighted by molar-refractivity contribution is 6.05. The molecule has 144 valence electrons. The summed E-state index contributed by atoms with van der Waals surface area (Å²) in [6.07, 6.45) is 0.668. The van der Waals surface area contributed by atoms with E-state index in [0.717, 1.165) is 11.1 Å². The summed E-state index contributed by atoms with van der Waals surface area (Å²) in [7, 11) is 1.32. The Labute approximate surface area is 161 Å². The van der Waals surface area contributed by atoms with E-state index in [0.29, 0.717) is 12.1 Å². The van der Waals surface area contributed by atoms with Gasteiger partial charge in [-0.1, -0.05) is 48.5 Å². The van der Waals surface area contributed by atoms with Crippen molar-refractivity contribution in [1.82, 2.24) is 0 Å². The Kier molecular flexibility index (Phi) is 6.22. The number of carbonyl (C=O) groups is 1. The SMILES string of the molecule is COc1cc(C(=O)Nc2ccccc2Cc2ccccc2)ccc1OC(F)F. The van der Waals surface area contributed by atoms with Gasteiger partial charge in [-0.2, -0.15) is 8.78 Å². The first-order valence-corrected chi connectivity index (χ1v) is 8.63. The fraction of sp³-hybridized carbons (Fsp3) is 0.136. The summed E-state index contributed by atoms with van der Waals surface area (Å²) in [4.78, 5) is 12.7. The van der Waals surface area contributed by atoms with E-state index in [-0.39, 0.29) is 23.0 Å². The van der Waals surface area contributed by atoms with Crippen molar-refractivity contribution in [3.63, 3.8) is 0 Å². The Morgan fingerprint density at radius 2 is 1.68 bits per heavy atom. The third-order valence-corrected chi connectivity index (χ3v) is 4.14. The second kappa shape index (κ2) is 8.99. The molecule has 0 fully saturated rings. The van der Waals surface area contributed by atoms with Crippen molar-refractivity contribution in [2.75, 3.05) is 12.4 Å². The normalized spacial score (nSPS) is 10.6. The molecule has 3 aromatic rings. The number of halogens is 2. The van der Waals surface area contributed by atoms with Gasteiger partial charge in [0.15, 0.2) is 11.5 Å². The highest BCUT2D eigenvalue weighted by Gasteiger charge is 2.15. The van der Waals surface area contributed by atoms with Gasteiger partial charge in [0.2, 0.25) is 0 Å². The summed E-state index contributed by atoms with van der Waals surface area (Å²) in [5.41, 5.74) is 3.04. The summed E-state index contributed by atoms with van der Waals surface area (Å²) in [6, 6.07) is 21.5. The van der Waals surface area contributed by atoms with Crippen LogP contribution in [0.1, 0.15) is 21.5 Å². The van der Waals surface area contributed by atoms with Crippen molar-refractivity contribution in [1.29, 1.82) is 0 Å². The molecule has 0 aliphatic carbocycles. The van der Waals surface area contributed by atoms with E-state index in [4.69, 9.17) is 4.74 Å². The molecule has 0 heterocycles. The van der Waals surface area contributed by atoms with Crippen molar-refractivity contribution >= 4 is 11.6 Å². The molecule has 1 N–H and O–H groups in total. The first kappa shape index (κ1) is 19.4. The van der Waals surface area contributed by atoms with E-state index in [2.05, 4.69) is 10.1 Å². The Morgan fingerprint density at radius 3 is 2.39 bits per heavy atom. The van der Waals surface area contributed by atoms with Gasteiger partial charge < -0.3 is 14.8 Å². The lowest BCUT2D eigenvalue weighted by Gasteiger charge is -2.13. The molecule has 0 aromatic heterocycles. The molecule has 0 aliphatic heterocycles. The number of carbonyl (C=O) groups excluding carboxylic acids is 1. The number of anilines is 1. The molecule has 0 aliphatic rings. The second-order valence-corrected chi connectivity index (χ2v) is 6.02. The zero-order chi connectivity index (χ0) is 19.9. The monoisotopic (exact) mass is 383 g/mol. The van der Waals surface area contributed by atoms with Gasteiger partial charge in [-0.3, -0.25) is 4.79 Å². The van der Waals surface area contributed by atoms with Crippen LogP contribution in [0.2, 0.25) is 0 Å². The average Bonchev–Trinajstić information content (AvgIpc) is 2.70. The van der Waals surface area contributed by atoms with Gasteiger partial charge >= 0.3 is 6.61 Å². The van der Waals surface area contributed by atoms with E-state index < -0.39 is 6.61 Å². The molecule has 3 aromatic carbocycles. The lowest BCUT2D eigenvalue weighted by atomic mass is 10.0. The van der Waals surface area contributed by atoms with Crippen molar-refractivity contribution in [3.05, 3.63) is 89.5 Å². The van der Waals surface area contributed by atoms with Crippen LogP contribution < -0.4 is 14.8 Å². The molecule has 4 nitrogen and oxygen atoms in total. The minimum atomic E-state index is -2.97. The first-order valence-electron chi connectivity index (χ1n) is 8.63. The lowest BCUT2D eigenvalue weighted by Crippen LogP contribution is -2.14. The first-order chi connectivity index (χ1) is 13.6. The molecule has 0 spiro atoms. The molecule has 3 rings (SSSR count). The third-order valence-electron chi connectivity index (χ3n) is 4.14. The van der Waals surface area contributed by atoms with E-state index in [1.165, 1.54) is 25.3 Å². The molecule has 0 saturated heterocycles. The maximum Gasteiger partial charge on any atom is 0.387 e. The van der Waals surface area contributed by atoms with Gasteiger partial charge in [-0.15, -0.1) is 0 Å². The van der Waals surface area contributed by atoms with Crippen molar-refractivity contribution in [2.24, 2.45) is 0 Å². The minimum absolute atomic E-state index is 0.0607. The summed E-state index contributed by atoms with van der Waals surface area (Å²) < 4.78 is 34.3. The van der Waals surface area contributed by atoms with Crippen molar-refractivity contribution in [2.45, 2.75) is 13.0 Å². The Hall–Kier alpha value is -3.41. The van der Waals surface area contributed by atoms with Crippen LogP contribution in [0.5, 0.6) is 11.5 Å². The number of methoxy groups -OCH3 is 1. The Bertz CT molecular complexity index is 946. The molecule has 0 unspecified atom stereocenters. The number of ether oxygens (including phenoxy) is 2. The van der Waals surface area contributed by atoms with Crippen LogP contribution in [-0.2, 0) is 6.42 Å². The van der Waals surface area contributed by atoms with E-state index in [1.807, 2.05) is 54.6 Å². The number of hydrogen-bond acceptors (Lipinski definition) is 3. The Morgan fingerprint density at radius 1 is 0.964 bits per heavy atom. The number of amides is 1. The van der Waals surface area contributed by atoms with Gasteiger partial charge in [-0.05, 0) is 41.8 Å². The molecule has 0 bridgehead atoms. The van der Waals surface area contributed by atoms with E-state index in [1.54, 1.807) is 0 Å². The summed E-state index contributed by atoms with van der Waals surface area (Å²) in [6.45, 7) is -2.97. The summed E-state index contributed by atoms with van der Waals surface area (Å²) in [5.74, 6) is -0.438. The lowest BCUT2D eigenvalue weighted by molar-refractivity contribution is -0.0512.